The Morgan fingerprint density at radius 2 is 1.95 bits per heavy atom. The Labute approximate surface area is 110 Å². The van der Waals surface area contributed by atoms with Crippen LogP contribution < -0.4 is 9.47 Å². The second-order valence-electron chi connectivity index (χ2n) is 3.82. The quantitative estimate of drug-likeness (QED) is 0.752. The number of carboxylic acids is 1. The van der Waals surface area contributed by atoms with Crippen molar-refractivity contribution in [3.63, 3.8) is 0 Å². The zero-order chi connectivity index (χ0) is 14.4. The van der Waals surface area contributed by atoms with Gasteiger partial charge in [-0.1, -0.05) is 0 Å². The van der Waals surface area contributed by atoms with Crippen molar-refractivity contribution < 1.29 is 28.9 Å². The van der Waals surface area contributed by atoms with Gasteiger partial charge in [-0.25, -0.2) is 4.79 Å². The highest BCUT2D eigenvalue weighted by molar-refractivity contribution is 5.94. The molecule has 0 bridgehead atoms. The summed E-state index contributed by atoms with van der Waals surface area (Å²) in [4.78, 5) is 22.2. The van der Waals surface area contributed by atoms with Gasteiger partial charge < -0.3 is 19.3 Å². The number of aliphatic carboxylic acids is 1. The molecule has 0 aromatic heterocycles. The highest BCUT2D eigenvalue weighted by atomic mass is 16.6. The molecular formula is C13H16O6. The molecule has 0 fully saturated rings. The third kappa shape index (κ3) is 3.96. The molecule has 0 spiro atoms. The molecule has 1 aromatic rings. The standard InChI is InChI=1S/C13H16O6/c1-8(14)9-4-5-10(11(6-9)18-3)19-12(7-17-2)13(15)16/h4-6,12H,7H2,1-3H3,(H,15,16). The highest BCUT2D eigenvalue weighted by Crippen LogP contribution is 2.29. The summed E-state index contributed by atoms with van der Waals surface area (Å²) in [6.07, 6.45) is -1.14. The average Bonchev–Trinajstić information content (AvgIpc) is 2.38. The van der Waals surface area contributed by atoms with Crippen LogP contribution in [0.2, 0.25) is 0 Å². The van der Waals surface area contributed by atoms with Gasteiger partial charge in [0.05, 0.1) is 13.7 Å². The molecule has 1 unspecified atom stereocenters. The summed E-state index contributed by atoms with van der Waals surface area (Å²) in [5.41, 5.74) is 0.461. The molecule has 0 amide bonds. The number of rotatable bonds is 7. The van der Waals surface area contributed by atoms with E-state index < -0.39 is 12.1 Å². The topological polar surface area (TPSA) is 82.1 Å². The van der Waals surface area contributed by atoms with E-state index in [4.69, 9.17) is 19.3 Å². The fourth-order valence-electron chi connectivity index (χ4n) is 1.44. The molecule has 19 heavy (non-hydrogen) atoms. The smallest absolute Gasteiger partial charge is 0.347 e. The first-order valence-corrected chi connectivity index (χ1v) is 5.57. The monoisotopic (exact) mass is 268 g/mol. The van der Waals surface area contributed by atoms with Gasteiger partial charge in [0.2, 0.25) is 6.10 Å². The lowest BCUT2D eigenvalue weighted by atomic mass is 10.1. The van der Waals surface area contributed by atoms with Crippen LogP contribution in [-0.4, -0.2) is 43.8 Å². The average molecular weight is 268 g/mol. The summed E-state index contributed by atoms with van der Waals surface area (Å²) in [5.74, 6) is -0.705. The van der Waals surface area contributed by atoms with Crippen molar-refractivity contribution in [1.82, 2.24) is 0 Å². The minimum absolute atomic E-state index is 0.0903. The minimum Gasteiger partial charge on any atom is -0.493 e. The molecule has 1 rings (SSSR count). The first-order chi connectivity index (χ1) is 8.99. The lowest BCUT2D eigenvalue weighted by Gasteiger charge is -2.16. The number of carboxylic acid groups (broad SMARTS) is 1. The van der Waals surface area contributed by atoms with E-state index >= 15 is 0 Å². The van der Waals surface area contributed by atoms with E-state index in [1.165, 1.54) is 33.3 Å². The number of hydrogen-bond acceptors (Lipinski definition) is 5. The summed E-state index contributed by atoms with van der Waals surface area (Å²) < 4.78 is 15.2. The number of benzene rings is 1. The molecule has 0 saturated carbocycles. The van der Waals surface area contributed by atoms with Gasteiger partial charge in [0, 0.05) is 12.7 Å². The van der Waals surface area contributed by atoms with Crippen LogP contribution in [0.1, 0.15) is 17.3 Å². The maximum Gasteiger partial charge on any atom is 0.347 e. The predicted octanol–water partition coefficient (Wildman–Crippen LogP) is 1.38. The van der Waals surface area contributed by atoms with Crippen LogP contribution in [0.25, 0.3) is 0 Å². The van der Waals surface area contributed by atoms with Gasteiger partial charge in [-0.3, -0.25) is 4.79 Å². The molecule has 1 aromatic carbocycles. The number of carbonyl (C=O) groups excluding carboxylic acids is 1. The summed E-state index contributed by atoms with van der Waals surface area (Å²) in [7, 11) is 2.80. The van der Waals surface area contributed by atoms with Gasteiger partial charge in [0.25, 0.3) is 0 Å². The van der Waals surface area contributed by atoms with Gasteiger partial charge in [-0.2, -0.15) is 0 Å². The van der Waals surface area contributed by atoms with Gasteiger partial charge >= 0.3 is 5.97 Å². The Morgan fingerprint density at radius 1 is 1.26 bits per heavy atom. The molecule has 6 nitrogen and oxygen atoms in total. The van der Waals surface area contributed by atoms with Gasteiger partial charge in [-0.15, -0.1) is 0 Å². The van der Waals surface area contributed by atoms with Crippen LogP contribution in [0.4, 0.5) is 0 Å². The Morgan fingerprint density at radius 3 is 2.42 bits per heavy atom. The molecule has 0 saturated heterocycles. The molecule has 0 heterocycles. The Hall–Kier alpha value is -2.08. The van der Waals surface area contributed by atoms with Crippen molar-refractivity contribution in [2.75, 3.05) is 20.8 Å². The molecule has 0 aliphatic carbocycles. The van der Waals surface area contributed by atoms with Crippen LogP contribution in [-0.2, 0) is 9.53 Å². The maximum atomic E-state index is 11.2. The number of hydrogen-bond donors (Lipinski definition) is 1. The molecule has 0 aliphatic heterocycles. The van der Waals surface area contributed by atoms with Crippen LogP contribution in [0.3, 0.4) is 0 Å². The van der Waals surface area contributed by atoms with Gasteiger partial charge in [-0.05, 0) is 25.1 Å². The second-order valence-corrected chi connectivity index (χ2v) is 3.82. The van der Waals surface area contributed by atoms with E-state index in [1.807, 2.05) is 0 Å². The molecular weight excluding hydrogens is 252 g/mol. The summed E-state index contributed by atoms with van der Waals surface area (Å²) >= 11 is 0. The van der Waals surface area contributed by atoms with E-state index in [0.29, 0.717) is 11.3 Å². The van der Waals surface area contributed by atoms with E-state index in [0.717, 1.165) is 0 Å². The normalized spacial score (nSPS) is 11.7. The summed E-state index contributed by atoms with van der Waals surface area (Å²) in [5, 5.41) is 8.97. The fraction of sp³-hybridized carbons (Fsp3) is 0.385. The number of carbonyl (C=O) groups is 2. The molecule has 1 atom stereocenters. The zero-order valence-electron chi connectivity index (χ0n) is 11.0. The van der Waals surface area contributed by atoms with Crippen molar-refractivity contribution in [2.24, 2.45) is 0 Å². The van der Waals surface area contributed by atoms with Crippen LogP contribution >= 0.6 is 0 Å². The van der Waals surface area contributed by atoms with Crippen molar-refractivity contribution >= 4 is 11.8 Å². The van der Waals surface area contributed by atoms with Crippen LogP contribution in [0.5, 0.6) is 11.5 Å². The summed E-state index contributed by atoms with van der Waals surface area (Å²) in [6.45, 7) is 1.34. The van der Waals surface area contributed by atoms with Crippen molar-refractivity contribution in [1.29, 1.82) is 0 Å². The van der Waals surface area contributed by atoms with Crippen LogP contribution in [0.15, 0.2) is 18.2 Å². The van der Waals surface area contributed by atoms with E-state index in [9.17, 15) is 9.59 Å². The molecule has 1 N–H and O–H groups in total. The van der Waals surface area contributed by atoms with Gasteiger partial charge in [0.1, 0.15) is 0 Å². The zero-order valence-corrected chi connectivity index (χ0v) is 11.0. The lowest BCUT2D eigenvalue weighted by molar-refractivity contribution is -0.147. The lowest BCUT2D eigenvalue weighted by Crippen LogP contribution is -2.31. The highest BCUT2D eigenvalue weighted by Gasteiger charge is 2.21. The Kier molecular flexibility index (Phi) is 5.32. The summed E-state index contributed by atoms with van der Waals surface area (Å²) in [6, 6.07) is 4.55. The first kappa shape index (κ1) is 15.0. The third-order valence-corrected chi connectivity index (χ3v) is 2.43. The second kappa shape index (κ2) is 6.75. The number of Topliss-reactive ketones (excluding diaryl/α,β-unsaturated/α-hetero) is 1. The Balaban J connectivity index is 2.99. The SMILES string of the molecule is COCC(Oc1ccc(C(C)=O)cc1OC)C(=O)O. The van der Waals surface area contributed by atoms with Gasteiger partial charge in [0.15, 0.2) is 17.3 Å². The minimum atomic E-state index is -1.14. The number of ether oxygens (including phenoxy) is 3. The first-order valence-electron chi connectivity index (χ1n) is 5.57. The molecule has 6 heteroatoms. The van der Waals surface area contributed by atoms with Crippen molar-refractivity contribution in [2.45, 2.75) is 13.0 Å². The largest absolute Gasteiger partial charge is 0.493 e. The molecule has 0 radical (unpaired) electrons. The predicted molar refractivity (Wildman–Crippen MR) is 66.9 cm³/mol. The van der Waals surface area contributed by atoms with E-state index in [1.54, 1.807) is 6.07 Å². The molecule has 104 valence electrons. The Bertz CT molecular complexity index is 468. The number of methoxy groups -OCH3 is 2. The van der Waals surface area contributed by atoms with Crippen molar-refractivity contribution in [3.05, 3.63) is 23.8 Å². The maximum absolute atomic E-state index is 11.2. The van der Waals surface area contributed by atoms with Crippen LogP contribution in [0, 0.1) is 0 Å². The van der Waals surface area contributed by atoms with E-state index in [2.05, 4.69) is 0 Å². The number of ketones is 1. The van der Waals surface area contributed by atoms with E-state index in [-0.39, 0.29) is 18.1 Å². The molecule has 0 aliphatic rings. The fourth-order valence-corrected chi connectivity index (χ4v) is 1.44. The van der Waals surface area contributed by atoms with Crippen molar-refractivity contribution in [3.8, 4) is 11.5 Å². The third-order valence-electron chi connectivity index (χ3n) is 2.43.